The average Bonchev–Trinajstić information content (AvgIpc) is 2.62. The van der Waals surface area contributed by atoms with Crippen molar-refractivity contribution >= 4 is 0 Å². The topological polar surface area (TPSA) is 50.1 Å². The third-order valence-corrected chi connectivity index (χ3v) is 3.42. The zero-order valence-corrected chi connectivity index (χ0v) is 10.1. The molecular formula is C12H21N3O. The third kappa shape index (κ3) is 2.28. The highest BCUT2D eigenvalue weighted by Crippen LogP contribution is 2.29. The molecule has 1 aromatic heterocycles. The van der Waals surface area contributed by atoms with Gasteiger partial charge in [0.15, 0.2) is 0 Å². The van der Waals surface area contributed by atoms with Crippen LogP contribution in [0.15, 0.2) is 6.20 Å². The van der Waals surface area contributed by atoms with E-state index in [1.165, 1.54) is 24.1 Å². The SMILES string of the molecule is CC(CCO)NC1CCCc2c1cnn2C. The lowest BCUT2D eigenvalue weighted by Crippen LogP contribution is -2.33. The van der Waals surface area contributed by atoms with E-state index in [4.69, 9.17) is 5.11 Å². The van der Waals surface area contributed by atoms with E-state index in [0.717, 1.165) is 12.8 Å². The standard InChI is InChI=1S/C12H21N3O/c1-9(6-7-16)14-11-4-3-5-12-10(11)8-13-15(12)2/h8-9,11,14,16H,3-7H2,1-2H3. The zero-order valence-electron chi connectivity index (χ0n) is 10.1. The molecule has 0 bridgehead atoms. The molecule has 4 nitrogen and oxygen atoms in total. The highest BCUT2D eigenvalue weighted by Gasteiger charge is 2.23. The Morgan fingerprint density at radius 1 is 1.69 bits per heavy atom. The predicted octanol–water partition coefficient (Wildman–Crippen LogP) is 1.16. The lowest BCUT2D eigenvalue weighted by atomic mass is 9.92. The molecular weight excluding hydrogens is 202 g/mol. The van der Waals surface area contributed by atoms with Gasteiger partial charge in [-0.3, -0.25) is 4.68 Å². The lowest BCUT2D eigenvalue weighted by molar-refractivity contribution is 0.260. The highest BCUT2D eigenvalue weighted by molar-refractivity contribution is 5.24. The monoisotopic (exact) mass is 223 g/mol. The maximum Gasteiger partial charge on any atom is 0.0540 e. The van der Waals surface area contributed by atoms with E-state index in [0.29, 0.717) is 12.1 Å². The van der Waals surface area contributed by atoms with Gasteiger partial charge in [-0.15, -0.1) is 0 Å². The Balaban J connectivity index is 2.07. The van der Waals surface area contributed by atoms with Crippen molar-refractivity contribution in [1.29, 1.82) is 0 Å². The molecule has 4 heteroatoms. The first kappa shape index (κ1) is 11.6. The fraction of sp³-hybridized carbons (Fsp3) is 0.750. The van der Waals surface area contributed by atoms with E-state index in [-0.39, 0.29) is 6.61 Å². The molecule has 2 atom stereocenters. The second-order valence-corrected chi connectivity index (χ2v) is 4.70. The third-order valence-electron chi connectivity index (χ3n) is 3.42. The molecule has 16 heavy (non-hydrogen) atoms. The number of aryl methyl sites for hydroxylation is 1. The van der Waals surface area contributed by atoms with Crippen LogP contribution in [0.2, 0.25) is 0 Å². The van der Waals surface area contributed by atoms with Gasteiger partial charge in [-0.1, -0.05) is 0 Å². The van der Waals surface area contributed by atoms with Gasteiger partial charge < -0.3 is 10.4 Å². The normalized spacial score (nSPS) is 21.8. The summed E-state index contributed by atoms with van der Waals surface area (Å²) in [6.07, 6.45) is 6.33. The number of rotatable bonds is 4. The van der Waals surface area contributed by atoms with Gasteiger partial charge in [0.05, 0.1) is 6.20 Å². The summed E-state index contributed by atoms with van der Waals surface area (Å²) in [4.78, 5) is 0. The molecule has 1 aromatic rings. The number of aliphatic hydroxyl groups is 1. The summed E-state index contributed by atoms with van der Waals surface area (Å²) < 4.78 is 1.99. The molecule has 0 fully saturated rings. The summed E-state index contributed by atoms with van der Waals surface area (Å²) in [7, 11) is 2.01. The smallest absolute Gasteiger partial charge is 0.0540 e. The molecule has 0 amide bonds. The van der Waals surface area contributed by atoms with Gasteiger partial charge in [-0.05, 0) is 32.6 Å². The summed E-state index contributed by atoms with van der Waals surface area (Å²) >= 11 is 0. The van der Waals surface area contributed by atoms with Crippen LogP contribution < -0.4 is 5.32 Å². The number of aromatic nitrogens is 2. The molecule has 1 aliphatic rings. The maximum atomic E-state index is 8.91. The lowest BCUT2D eigenvalue weighted by Gasteiger charge is -2.27. The Morgan fingerprint density at radius 2 is 2.50 bits per heavy atom. The average molecular weight is 223 g/mol. The Kier molecular flexibility index (Phi) is 3.61. The predicted molar refractivity (Wildman–Crippen MR) is 63.2 cm³/mol. The molecule has 0 saturated heterocycles. The van der Waals surface area contributed by atoms with Crippen molar-refractivity contribution in [2.45, 2.75) is 44.7 Å². The fourth-order valence-corrected chi connectivity index (χ4v) is 2.50. The van der Waals surface area contributed by atoms with Gasteiger partial charge in [-0.2, -0.15) is 5.10 Å². The first-order valence-corrected chi connectivity index (χ1v) is 6.10. The van der Waals surface area contributed by atoms with Gasteiger partial charge >= 0.3 is 0 Å². The molecule has 2 N–H and O–H groups in total. The Labute approximate surface area is 96.7 Å². The van der Waals surface area contributed by atoms with Crippen molar-refractivity contribution in [3.05, 3.63) is 17.5 Å². The molecule has 2 unspecified atom stereocenters. The summed E-state index contributed by atoms with van der Waals surface area (Å²) in [5.74, 6) is 0. The first-order valence-electron chi connectivity index (χ1n) is 6.10. The fourth-order valence-electron chi connectivity index (χ4n) is 2.50. The summed E-state index contributed by atoms with van der Waals surface area (Å²) in [6.45, 7) is 2.38. The zero-order chi connectivity index (χ0) is 11.5. The molecule has 2 rings (SSSR count). The van der Waals surface area contributed by atoms with E-state index in [1.54, 1.807) is 0 Å². The van der Waals surface area contributed by atoms with Crippen molar-refractivity contribution in [2.24, 2.45) is 7.05 Å². The van der Waals surface area contributed by atoms with Gasteiger partial charge in [0.25, 0.3) is 0 Å². The molecule has 0 aliphatic heterocycles. The second kappa shape index (κ2) is 4.97. The number of hydrogen-bond acceptors (Lipinski definition) is 3. The summed E-state index contributed by atoms with van der Waals surface area (Å²) in [6, 6.07) is 0.778. The van der Waals surface area contributed by atoms with Crippen molar-refractivity contribution in [2.75, 3.05) is 6.61 Å². The van der Waals surface area contributed by atoms with Crippen LogP contribution in [0.3, 0.4) is 0 Å². The Hall–Kier alpha value is -0.870. The van der Waals surface area contributed by atoms with Crippen molar-refractivity contribution < 1.29 is 5.11 Å². The number of hydrogen-bond donors (Lipinski definition) is 2. The van der Waals surface area contributed by atoms with E-state index >= 15 is 0 Å². The largest absolute Gasteiger partial charge is 0.396 e. The van der Waals surface area contributed by atoms with Gasteiger partial charge in [0.1, 0.15) is 0 Å². The van der Waals surface area contributed by atoms with Crippen LogP contribution in [-0.4, -0.2) is 27.5 Å². The van der Waals surface area contributed by atoms with Crippen LogP contribution in [0.5, 0.6) is 0 Å². The van der Waals surface area contributed by atoms with Gasteiger partial charge in [0.2, 0.25) is 0 Å². The molecule has 1 aliphatic carbocycles. The molecule has 0 radical (unpaired) electrons. The highest BCUT2D eigenvalue weighted by atomic mass is 16.3. The molecule has 90 valence electrons. The van der Waals surface area contributed by atoms with E-state index in [1.807, 2.05) is 17.9 Å². The van der Waals surface area contributed by atoms with E-state index in [2.05, 4.69) is 17.3 Å². The van der Waals surface area contributed by atoms with Crippen LogP contribution in [0.25, 0.3) is 0 Å². The van der Waals surface area contributed by atoms with Gasteiger partial charge in [0, 0.05) is 37.0 Å². The number of aliphatic hydroxyl groups excluding tert-OH is 1. The molecule has 0 spiro atoms. The minimum absolute atomic E-state index is 0.251. The summed E-state index contributed by atoms with van der Waals surface area (Å²) in [5.41, 5.74) is 2.71. The number of fused-ring (bicyclic) bond motifs is 1. The van der Waals surface area contributed by atoms with Crippen LogP contribution >= 0.6 is 0 Å². The first-order chi connectivity index (χ1) is 7.72. The molecule has 1 heterocycles. The van der Waals surface area contributed by atoms with E-state index < -0.39 is 0 Å². The Bertz CT molecular complexity index is 348. The van der Waals surface area contributed by atoms with Crippen molar-refractivity contribution in [3.8, 4) is 0 Å². The quantitative estimate of drug-likeness (QED) is 0.805. The van der Waals surface area contributed by atoms with Crippen LogP contribution in [-0.2, 0) is 13.5 Å². The van der Waals surface area contributed by atoms with Crippen molar-refractivity contribution in [3.63, 3.8) is 0 Å². The van der Waals surface area contributed by atoms with Crippen LogP contribution in [0.1, 0.15) is 43.5 Å². The van der Waals surface area contributed by atoms with Crippen LogP contribution in [0.4, 0.5) is 0 Å². The maximum absolute atomic E-state index is 8.91. The van der Waals surface area contributed by atoms with Crippen LogP contribution in [0, 0.1) is 0 Å². The summed E-state index contributed by atoms with van der Waals surface area (Å²) in [5, 5.41) is 16.8. The van der Waals surface area contributed by atoms with Crippen molar-refractivity contribution in [1.82, 2.24) is 15.1 Å². The molecule has 0 aromatic carbocycles. The number of nitrogens with zero attached hydrogens (tertiary/aromatic N) is 2. The number of nitrogens with one attached hydrogen (secondary N) is 1. The Morgan fingerprint density at radius 3 is 3.25 bits per heavy atom. The van der Waals surface area contributed by atoms with E-state index in [9.17, 15) is 0 Å². The second-order valence-electron chi connectivity index (χ2n) is 4.70. The molecule has 0 saturated carbocycles. The van der Waals surface area contributed by atoms with Gasteiger partial charge in [-0.25, -0.2) is 0 Å². The minimum atomic E-state index is 0.251. The minimum Gasteiger partial charge on any atom is -0.396 e.